The molecule has 0 spiro atoms. The SMILES string of the molecule is CC/C=C\C/C=C\C/C=C\C/C=C\C/C=C\C/C=C\CCC(=O)OC1C(OCC(COC(=O)CCCCC/C=C\C/C=C\C/C=C\C/C=C\C/C=C\CC)OC(=O)CCCCCCC/C=C\C/C=C\CCCCC)OC(C(=O)O)C(O)C1O. The number of hydrogen-bond acceptors (Lipinski definition) is 11. The molecule has 1 rings (SSSR count). The Morgan fingerprint density at radius 2 is 0.783 bits per heavy atom. The van der Waals surface area contributed by atoms with Crippen LogP contribution in [0.1, 0.15) is 213 Å². The van der Waals surface area contributed by atoms with E-state index in [9.17, 15) is 34.5 Å². The van der Waals surface area contributed by atoms with Crippen LogP contribution in [0.25, 0.3) is 0 Å². The smallest absolute Gasteiger partial charge is 0.335 e. The maximum Gasteiger partial charge on any atom is 0.335 e. The number of carboxylic acids is 1. The molecule has 3 N–H and O–H groups in total. The van der Waals surface area contributed by atoms with Crippen molar-refractivity contribution in [2.75, 3.05) is 13.2 Å². The molecule has 0 saturated carbocycles. The Morgan fingerprint density at radius 1 is 0.410 bits per heavy atom. The number of carbonyl (C=O) groups is 4. The van der Waals surface area contributed by atoms with Crippen LogP contribution in [0, 0.1) is 0 Å². The van der Waals surface area contributed by atoms with E-state index in [0.29, 0.717) is 25.7 Å². The van der Waals surface area contributed by atoms with Gasteiger partial charge in [-0.2, -0.15) is 0 Å². The number of rotatable bonds is 51. The van der Waals surface area contributed by atoms with E-state index in [-0.39, 0.29) is 25.9 Å². The second kappa shape index (κ2) is 56.8. The van der Waals surface area contributed by atoms with Crippen LogP contribution in [0.4, 0.5) is 0 Å². The van der Waals surface area contributed by atoms with Crippen LogP contribution in [0.3, 0.4) is 0 Å². The first-order valence-electron chi connectivity index (χ1n) is 31.5. The van der Waals surface area contributed by atoms with E-state index in [1.807, 2.05) is 18.2 Å². The van der Waals surface area contributed by atoms with Crippen molar-refractivity contribution in [1.82, 2.24) is 0 Å². The van der Waals surface area contributed by atoms with Gasteiger partial charge in [-0.25, -0.2) is 4.79 Å². The molecule has 0 aromatic carbocycles. The second-order valence-corrected chi connectivity index (χ2v) is 20.6. The molecule has 464 valence electrons. The van der Waals surface area contributed by atoms with Gasteiger partial charge in [0.05, 0.1) is 6.61 Å². The van der Waals surface area contributed by atoms with Gasteiger partial charge in [-0.1, -0.05) is 217 Å². The van der Waals surface area contributed by atoms with Crippen molar-refractivity contribution in [3.63, 3.8) is 0 Å². The van der Waals surface area contributed by atoms with Crippen LogP contribution in [-0.4, -0.2) is 89.2 Å². The fraction of sp³-hybridized carbons (Fsp3) is 0.577. The Hall–Kier alpha value is -5.66. The molecule has 0 amide bonds. The zero-order valence-electron chi connectivity index (χ0n) is 51.1. The monoisotopic (exact) mass is 1150 g/mol. The molecule has 1 saturated heterocycles. The van der Waals surface area contributed by atoms with E-state index in [4.69, 9.17) is 23.7 Å². The summed E-state index contributed by atoms with van der Waals surface area (Å²) >= 11 is 0. The molecule has 0 aromatic rings. The summed E-state index contributed by atoms with van der Waals surface area (Å²) in [5.74, 6) is -3.32. The number of aliphatic carboxylic acids is 1. The second-order valence-electron chi connectivity index (χ2n) is 20.6. The maximum absolute atomic E-state index is 13.2. The van der Waals surface area contributed by atoms with E-state index in [1.165, 1.54) is 19.3 Å². The van der Waals surface area contributed by atoms with E-state index in [2.05, 4.69) is 161 Å². The van der Waals surface area contributed by atoms with Gasteiger partial charge in [-0.15, -0.1) is 0 Å². The minimum absolute atomic E-state index is 0.0791. The third-order valence-electron chi connectivity index (χ3n) is 13.1. The highest BCUT2D eigenvalue weighted by atomic mass is 16.7. The summed E-state index contributed by atoms with van der Waals surface area (Å²) in [7, 11) is 0. The summed E-state index contributed by atoms with van der Waals surface area (Å²) in [5, 5.41) is 31.5. The summed E-state index contributed by atoms with van der Waals surface area (Å²) in [6.45, 7) is 5.66. The largest absolute Gasteiger partial charge is 0.479 e. The molecule has 12 heteroatoms. The average Bonchev–Trinajstić information content (AvgIpc) is 3.60. The number of ether oxygens (including phenoxy) is 5. The summed E-state index contributed by atoms with van der Waals surface area (Å²) in [5.41, 5.74) is 0. The van der Waals surface area contributed by atoms with Crippen molar-refractivity contribution in [3.8, 4) is 0 Å². The van der Waals surface area contributed by atoms with E-state index in [1.54, 1.807) is 0 Å². The zero-order valence-corrected chi connectivity index (χ0v) is 51.1. The molecular weight excluding hydrogens is 1040 g/mol. The molecule has 1 heterocycles. The predicted octanol–water partition coefficient (Wildman–Crippen LogP) is 16.9. The van der Waals surface area contributed by atoms with Gasteiger partial charge in [0.25, 0.3) is 0 Å². The molecule has 83 heavy (non-hydrogen) atoms. The Bertz CT molecular complexity index is 2050. The number of carbonyl (C=O) groups excluding carboxylic acids is 3. The first kappa shape index (κ1) is 75.4. The van der Waals surface area contributed by atoms with E-state index >= 15 is 0 Å². The number of aliphatic hydroxyl groups excluding tert-OH is 2. The molecule has 1 fully saturated rings. The molecule has 1 aliphatic rings. The average molecular weight is 1150 g/mol. The van der Waals surface area contributed by atoms with Crippen molar-refractivity contribution in [3.05, 3.63) is 158 Å². The molecular formula is C71H108O12. The van der Waals surface area contributed by atoms with Gasteiger partial charge in [0.15, 0.2) is 24.6 Å². The number of esters is 3. The summed E-state index contributed by atoms with van der Waals surface area (Å²) in [6.07, 6.45) is 70.7. The standard InChI is InChI=1S/C71H108O12/c1-4-7-10-13-16-19-22-25-28-30-32-34-37-39-42-45-48-51-54-57-63(72)79-60-62(81-64(73)58-55-52-49-46-43-40-36-27-24-21-18-15-12-9-6-3)61-80-71-69(67(76)66(75)68(83-71)70(77)78)82-65(74)59-56-53-50-47-44-41-38-35-33-31-29-26-23-20-17-14-11-8-5-2/h7-8,10-11,16-21,25-29,32-36,39,41-42,44,50,53,62,66-69,71,75-76H,4-6,9,12-15,22-24,30-31,37-38,40,43,45-49,51-52,54-61H2,1-3H3,(H,77,78)/b10-7-,11-8-,19-16-,20-17-,21-18-,28-25-,29-26-,34-32-,35-33-,36-27-,42-39-,44-41-,53-50-. The van der Waals surface area contributed by atoms with Gasteiger partial charge >= 0.3 is 23.9 Å². The zero-order chi connectivity index (χ0) is 60.3. The lowest BCUT2D eigenvalue weighted by Gasteiger charge is -2.40. The lowest BCUT2D eigenvalue weighted by Crippen LogP contribution is -2.61. The highest BCUT2D eigenvalue weighted by molar-refractivity contribution is 5.74. The van der Waals surface area contributed by atoms with Crippen LogP contribution >= 0.6 is 0 Å². The van der Waals surface area contributed by atoms with Crippen molar-refractivity contribution in [2.45, 2.75) is 250 Å². The van der Waals surface area contributed by atoms with Gasteiger partial charge < -0.3 is 39.0 Å². The summed E-state index contributed by atoms with van der Waals surface area (Å²) < 4.78 is 28.4. The fourth-order valence-electron chi connectivity index (χ4n) is 8.33. The maximum atomic E-state index is 13.2. The van der Waals surface area contributed by atoms with Crippen LogP contribution in [0.15, 0.2) is 158 Å². The minimum atomic E-state index is -1.95. The van der Waals surface area contributed by atoms with Gasteiger partial charge in [0.2, 0.25) is 0 Å². The number of unbranched alkanes of at least 4 members (excludes halogenated alkanes) is 11. The molecule has 6 unspecified atom stereocenters. The van der Waals surface area contributed by atoms with Crippen LogP contribution in [0.2, 0.25) is 0 Å². The van der Waals surface area contributed by atoms with Crippen molar-refractivity contribution in [2.24, 2.45) is 0 Å². The minimum Gasteiger partial charge on any atom is -0.479 e. The Morgan fingerprint density at radius 3 is 1.22 bits per heavy atom. The summed E-state index contributed by atoms with van der Waals surface area (Å²) in [4.78, 5) is 51.3. The lowest BCUT2D eigenvalue weighted by molar-refractivity contribution is -0.301. The number of aliphatic hydroxyl groups is 2. The van der Waals surface area contributed by atoms with E-state index < -0.39 is 67.3 Å². The summed E-state index contributed by atoms with van der Waals surface area (Å²) in [6, 6.07) is 0. The third kappa shape index (κ3) is 46.4. The van der Waals surface area contributed by atoms with Crippen molar-refractivity contribution >= 4 is 23.9 Å². The highest BCUT2D eigenvalue weighted by Crippen LogP contribution is 2.26. The van der Waals surface area contributed by atoms with Crippen LogP contribution in [-0.2, 0) is 42.9 Å². The topological polar surface area (TPSA) is 175 Å². The predicted molar refractivity (Wildman–Crippen MR) is 339 cm³/mol. The highest BCUT2D eigenvalue weighted by Gasteiger charge is 2.50. The number of hydrogen-bond donors (Lipinski definition) is 3. The van der Waals surface area contributed by atoms with Crippen molar-refractivity contribution in [1.29, 1.82) is 0 Å². The molecule has 6 atom stereocenters. The van der Waals surface area contributed by atoms with Gasteiger partial charge in [-0.05, 0) is 135 Å². The van der Waals surface area contributed by atoms with Crippen LogP contribution < -0.4 is 0 Å². The first-order chi connectivity index (χ1) is 40.6. The number of allylic oxidation sites excluding steroid dienone is 26. The molecule has 0 radical (unpaired) electrons. The Kier molecular flexibility index (Phi) is 51.6. The Labute approximate surface area is 501 Å². The molecule has 0 aromatic heterocycles. The van der Waals surface area contributed by atoms with Gasteiger partial charge in [0, 0.05) is 19.3 Å². The lowest BCUT2D eigenvalue weighted by atomic mass is 9.98. The van der Waals surface area contributed by atoms with E-state index in [0.717, 1.165) is 128 Å². The Balaban J connectivity index is 2.76. The molecule has 12 nitrogen and oxygen atoms in total. The third-order valence-corrected chi connectivity index (χ3v) is 13.1. The fourth-order valence-corrected chi connectivity index (χ4v) is 8.33. The molecule has 0 bridgehead atoms. The molecule has 0 aliphatic carbocycles. The van der Waals surface area contributed by atoms with Gasteiger partial charge in [-0.3, -0.25) is 14.4 Å². The first-order valence-corrected chi connectivity index (χ1v) is 31.5. The number of carboxylic acid groups (broad SMARTS) is 1. The van der Waals surface area contributed by atoms with Crippen LogP contribution in [0.5, 0.6) is 0 Å². The quantitative estimate of drug-likeness (QED) is 0.0228. The van der Waals surface area contributed by atoms with Crippen molar-refractivity contribution < 1.29 is 58.2 Å². The molecule has 1 aliphatic heterocycles. The van der Waals surface area contributed by atoms with Gasteiger partial charge in [0.1, 0.15) is 18.8 Å². The normalized spacial score (nSPS) is 18.7.